The van der Waals surface area contributed by atoms with Gasteiger partial charge in [-0.15, -0.1) is 0 Å². The number of aliphatic hydroxyl groups excluding tert-OH is 3. The van der Waals surface area contributed by atoms with Crippen molar-refractivity contribution in [2.24, 2.45) is 0 Å². The number of esters is 1. The molecule has 3 rings (SSSR count). The van der Waals surface area contributed by atoms with Gasteiger partial charge in [-0.2, -0.15) is 0 Å². The van der Waals surface area contributed by atoms with Crippen molar-refractivity contribution < 1.29 is 34.3 Å². The van der Waals surface area contributed by atoms with Crippen LogP contribution in [-0.4, -0.2) is 58.6 Å². The van der Waals surface area contributed by atoms with E-state index in [2.05, 4.69) is 0 Å². The first-order chi connectivity index (χ1) is 13.1. The maximum atomic E-state index is 12.1. The molecular weight excluding hydrogens is 352 g/mol. The Morgan fingerprint density at radius 1 is 0.926 bits per heavy atom. The standard InChI is InChI=1S/C20H22O7/c21-16-15(12-25-11-13-7-3-1-4-8-13)26-20(24)18(17(16)22)27-19(23)14-9-5-2-6-10-14/h1-10,15-18,20-22,24H,11-12H2/t15-,16+,17+,18-,20-/m1/s1. The maximum absolute atomic E-state index is 12.1. The van der Waals surface area contributed by atoms with Crippen LogP contribution in [0.25, 0.3) is 0 Å². The lowest BCUT2D eigenvalue weighted by atomic mass is 9.99. The Morgan fingerprint density at radius 3 is 2.22 bits per heavy atom. The molecule has 7 heteroatoms. The third kappa shape index (κ3) is 4.91. The average molecular weight is 374 g/mol. The molecule has 0 unspecified atom stereocenters. The maximum Gasteiger partial charge on any atom is 0.338 e. The molecule has 144 valence electrons. The molecule has 2 aromatic carbocycles. The van der Waals surface area contributed by atoms with E-state index < -0.39 is 36.7 Å². The zero-order chi connectivity index (χ0) is 19.2. The van der Waals surface area contributed by atoms with E-state index in [1.54, 1.807) is 30.3 Å². The number of hydrogen-bond donors (Lipinski definition) is 3. The third-order valence-corrected chi connectivity index (χ3v) is 4.31. The Kier molecular flexibility index (Phi) is 6.54. The summed E-state index contributed by atoms with van der Waals surface area (Å²) in [7, 11) is 0. The molecule has 0 amide bonds. The first-order valence-corrected chi connectivity index (χ1v) is 8.63. The van der Waals surface area contributed by atoms with E-state index in [1.807, 2.05) is 30.3 Å². The summed E-state index contributed by atoms with van der Waals surface area (Å²) in [6.45, 7) is 0.259. The molecule has 0 bridgehead atoms. The second kappa shape index (κ2) is 9.07. The molecule has 1 aliphatic rings. The molecule has 7 nitrogen and oxygen atoms in total. The van der Waals surface area contributed by atoms with Crippen LogP contribution >= 0.6 is 0 Å². The van der Waals surface area contributed by atoms with Crippen molar-refractivity contribution in [1.29, 1.82) is 0 Å². The van der Waals surface area contributed by atoms with Gasteiger partial charge in [-0.25, -0.2) is 4.79 Å². The van der Waals surface area contributed by atoms with Crippen LogP contribution in [0.15, 0.2) is 60.7 Å². The Bertz CT molecular complexity index is 722. The molecule has 0 saturated carbocycles. The topological polar surface area (TPSA) is 105 Å². The highest BCUT2D eigenvalue weighted by Crippen LogP contribution is 2.24. The van der Waals surface area contributed by atoms with Crippen LogP contribution in [0, 0.1) is 0 Å². The van der Waals surface area contributed by atoms with Gasteiger partial charge >= 0.3 is 5.97 Å². The fourth-order valence-corrected chi connectivity index (χ4v) is 2.82. The van der Waals surface area contributed by atoms with Gasteiger partial charge in [0, 0.05) is 0 Å². The SMILES string of the molecule is O=C(O[C@@H]1[C@@H](O)[C@@H](O)[C@@H](COCc2ccccc2)O[C@H]1O)c1ccccc1. The Labute approximate surface area is 156 Å². The summed E-state index contributed by atoms with van der Waals surface area (Å²) in [5, 5.41) is 30.6. The summed E-state index contributed by atoms with van der Waals surface area (Å²) in [6.07, 6.45) is -6.82. The van der Waals surface area contributed by atoms with Crippen LogP contribution in [-0.2, 0) is 20.8 Å². The molecule has 0 aliphatic carbocycles. The molecule has 0 radical (unpaired) electrons. The van der Waals surface area contributed by atoms with Crippen molar-refractivity contribution in [3.8, 4) is 0 Å². The first-order valence-electron chi connectivity index (χ1n) is 8.63. The summed E-state index contributed by atoms with van der Waals surface area (Å²) in [5.74, 6) is -0.728. The number of aliphatic hydroxyl groups is 3. The number of carbonyl (C=O) groups is 1. The molecule has 0 spiro atoms. The van der Waals surface area contributed by atoms with Gasteiger partial charge in [0.05, 0.1) is 18.8 Å². The van der Waals surface area contributed by atoms with Crippen LogP contribution in [0.4, 0.5) is 0 Å². The third-order valence-electron chi connectivity index (χ3n) is 4.31. The molecule has 27 heavy (non-hydrogen) atoms. The predicted octanol–water partition coefficient (Wildman–Crippen LogP) is 0.868. The van der Waals surface area contributed by atoms with Crippen LogP contribution in [0.5, 0.6) is 0 Å². The summed E-state index contributed by atoms with van der Waals surface area (Å²) in [6, 6.07) is 17.6. The lowest BCUT2D eigenvalue weighted by Crippen LogP contribution is -2.59. The molecule has 1 saturated heterocycles. The Balaban J connectivity index is 1.55. The number of hydrogen-bond acceptors (Lipinski definition) is 7. The van der Waals surface area contributed by atoms with E-state index >= 15 is 0 Å². The second-order valence-corrected chi connectivity index (χ2v) is 6.28. The van der Waals surface area contributed by atoms with Gasteiger partial charge in [0.15, 0.2) is 12.4 Å². The number of carbonyl (C=O) groups excluding carboxylic acids is 1. The molecule has 1 heterocycles. The minimum Gasteiger partial charge on any atom is -0.450 e. The zero-order valence-corrected chi connectivity index (χ0v) is 14.5. The molecule has 3 N–H and O–H groups in total. The van der Waals surface area contributed by atoms with Crippen molar-refractivity contribution in [2.75, 3.05) is 6.61 Å². The van der Waals surface area contributed by atoms with E-state index in [1.165, 1.54) is 0 Å². The summed E-state index contributed by atoms with van der Waals surface area (Å²) in [5.41, 5.74) is 1.21. The minimum atomic E-state index is -1.58. The van der Waals surface area contributed by atoms with Gasteiger partial charge < -0.3 is 29.5 Å². The molecular formula is C20H22O7. The van der Waals surface area contributed by atoms with Gasteiger partial charge in [-0.1, -0.05) is 48.5 Å². The monoisotopic (exact) mass is 374 g/mol. The quantitative estimate of drug-likeness (QED) is 0.644. The van der Waals surface area contributed by atoms with E-state index in [0.717, 1.165) is 5.56 Å². The van der Waals surface area contributed by atoms with Crippen LogP contribution < -0.4 is 0 Å². The molecule has 1 fully saturated rings. The summed E-state index contributed by atoms with van der Waals surface area (Å²) < 4.78 is 15.9. The second-order valence-electron chi connectivity index (χ2n) is 6.28. The summed E-state index contributed by atoms with van der Waals surface area (Å²) in [4.78, 5) is 12.1. The van der Waals surface area contributed by atoms with Crippen molar-refractivity contribution in [3.05, 3.63) is 71.8 Å². The number of rotatable bonds is 6. The fourth-order valence-electron chi connectivity index (χ4n) is 2.82. The number of ether oxygens (including phenoxy) is 3. The van der Waals surface area contributed by atoms with Gasteiger partial charge in [-0.3, -0.25) is 0 Å². The van der Waals surface area contributed by atoms with Crippen molar-refractivity contribution in [3.63, 3.8) is 0 Å². The van der Waals surface area contributed by atoms with Crippen molar-refractivity contribution >= 4 is 5.97 Å². The predicted molar refractivity (Wildman–Crippen MR) is 94.6 cm³/mol. The highest BCUT2D eigenvalue weighted by molar-refractivity contribution is 5.89. The van der Waals surface area contributed by atoms with Crippen LogP contribution in [0.1, 0.15) is 15.9 Å². The smallest absolute Gasteiger partial charge is 0.338 e. The fraction of sp³-hybridized carbons (Fsp3) is 0.350. The highest BCUT2D eigenvalue weighted by Gasteiger charge is 2.46. The van der Waals surface area contributed by atoms with Gasteiger partial charge in [0.25, 0.3) is 0 Å². The van der Waals surface area contributed by atoms with Crippen molar-refractivity contribution in [2.45, 2.75) is 37.3 Å². The van der Waals surface area contributed by atoms with E-state index in [-0.39, 0.29) is 12.2 Å². The zero-order valence-electron chi connectivity index (χ0n) is 14.5. The van der Waals surface area contributed by atoms with Gasteiger partial charge in [-0.05, 0) is 17.7 Å². The van der Waals surface area contributed by atoms with E-state index in [0.29, 0.717) is 6.61 Å². The van der Waals surface area contributed by atoms with Crippen molar-refractivity contribution in [1.82, 2.24) is 0 Å². The van der Waals surface area contributed by atoms with E-state index in [9.17, 15) is 20.1 Å². The molecule has 2 aromatic rings. The Morgan fingerprint density at radius 2 is 1.56 bits per heavy atom. The highest BCUT2D eigenvalue weighted by atomic mass is 16.7. The minimum absolute atomic E-state index is 0.0382. The van der Waals surface area contributed by atoms with Gasteiger partial charge in [0.2, 0.25) is 0 Å². The lowest BCUT2D eigenvalue weighted by molar-refractivity contribution is -0.288. The summed E-state index contributed by atoms with van der Waals surface area (Å²) >= 11 is 0. The Hall–Kier alpha value is -2.29. The first kappa shape index (κ1) is 19.5. The normalized spacial score (nSPS) is 27.9. The van der Waals surface area contributed by atoms with Gasteiger partial charge in [0.1, 0.15) is 18.3 Å². The van der Waals surface area contributed by atoms with E-state index in [4.69, 9.17) is 14.2 Å². The molecule has 5 atom stereocenters. The lowest BCUT2D eigenvalue weighted by Gasteiger charge is -2.39. The van der Waals surface area contributed by atoms with Crippen LogP contribution in [0.2, 0.25) is 0 Å². The number of benzene rings is 2. The molecule has 1 aliphatic heterocycles. The largest absolute Gasteiger partial charge is 0.450 e. The average Bonchev–Trinajstić information content (AvgIpc) is 2.70. The van der Waals surface area contributed by atoms with Crippen LogP contribution in [0.3, 0.4) is 0 Å². The molecule has 0 aromatic heterocycles.